The number of thioether (sulfide) groups is 1. The van der Waals surface area contributed by atoms with Gasteiger partial charge < -0.3 is 9.80 Å². The zero-order valence-corrected chi connectivity index (χ0v) is 20.0. The molecule has 5 rings (SSSR count). The number of hydrogen-bond donors (Lipinski definition) is 0. The number of nitrogens with zero attached hydrogens (tertiary/aromatic N) is 4. The van der Waals surface area contributed by atoms with E-state index in [0.29, 0.717) is 36.1 Å². The first-order valence-corrected chi connectivity index (χ1v) is 12.3. The van der Waals surface area contributed by atoms with E-state index in [1.165, 1.54) is 11.8 Å². The van der Waals surface area contributed by atoms with Crippen molar-refractivity contribution in [3.8, 4) is 0 Å². The van der Waals surface area contributed by atoms with E-state index >= 15 is 0 Å². The monoisotopic (exact) mass is 490 g/mol. The maximum Gasteiger partial charge on any atom is 0.265 e. The molecule has 0 atom stereocenters. The van der Waals surface area contributed by atoms with E-state index in [0.717, 1.165) is 22.0 Å². The van der Waals surface area contributed by atoms with Crippen LogP contribution in [0, 0.1) is 0 Å². The van der Waals surface area contributed by atoms with Gasteiger partial charge in [0, 0.05) is 42.3 Å². The van der Waals surface area contributed by atoms with Crippen LogP contribution in [0.5, 0.6) is 0 Å². The smallest absolute Gasteiger partial charge is 0.265 e. The summed E-state index contributed by atoms with van der Waals surface area (Å²) in [5.41, 5.74) is 1.61. The Labute approximate surface area is 207 Å². The Bertz CT molecular complexity index is 1240. The molecule has 2 aliphatic rings. The van der Waals surface area contributed by atoms with E-state index in [-0.39, 0.29) is 18.4 Å². The van der Waals surface area contributed by atoms with Crippen molar-refractivity contribution in [3.63, 3.8) is 0 Å². The zero-order valence-electron chi connectivity index (χ0n) is 18.4. The summed E-state index contributed by atoms with van der Waals surface area (Å²) in [6.45, 7) is 2.62. The Hall–Kier alpha value is -3.29. The molecule has 0 radical (unpaired) electrons. The molecule has 3 heterocycles. The van der Waals surface area contributed by atoms with Crippen LogP contribution in [0.4, 0.5) is 11.5 Å². The summed E-state index contributed by atoms with van der Waals surface area (Å²) in [7, 11) is 0. The van der Waals surface area contributed by atoms with Crippen LogP contribution < -0.4 is 9.80 Å². The summed E-state index contributed by atoms with van der Waals surface area (Å²) in [5.74, 6) is 0.685. The largest absolute Gasteiger partial charge is 0.353 e. The number of anilines is 2. The lowest BCUT2D eigenvalue weighted by Gasteiger charge is -2.37. The van der Waals surface area contributed by atoms with Crippen molar-refractivity contribution >= 4 is 52.8 Å². The minimum atomic E-state index is -0.177. The molecule has 0 unspecified atom stereocenters. The maximum atomic E-state index is 13.4. The van der Waals surface area contributed by atoms with Gasteiger partial charge in [-0.15, -0.1) is 0 Å². The van der Waals surface area contributed by atoms with E-state index < -0.39 is 0 Å². The number of benzene rings is 2. The third-order valence-electron chi connectivity index (χ3n) is 5.88. The Kier molecular flexibility index (Phi) is 6.56. The van der Waals surface area contributed by atoms with Crippen molar-refractivity contribution in [1.29, 1.82) is 0 Å². The van der Waals surface area contributed by atoms with Gasteiger partial charge in [0.05, 0.1) is 10.6 Å². The van der Waals surface area contributed by atoms with Gasteiger partial charge in [-0.2, -0.15) is 0 Å². The van der Waals surface area contributed by atoms with Crippen LogP contribution in [-0.4, -0.2) is 54.4 Å². The summed E-state index contributed by atoms with van der Waals surface area (Å²) in [4.78, 5) is 38.2. The number of hydrogen-bond acceptors (Lipinski definition) is 5. The number of fused-ring (bicyclic) bond motifs is 1. The average molecular weight is 491 g/mol. The SMILES string of the molecule is O=C(CN1C(=O)C(=Cc2cccc(Cl)c2)Sc2ccccc21)N1CCN(c2ccccn2)CC1. The molecule has 0 spiro atoms. The van der Waals surface area contributed by atoms with Gasteiger partial charge in [-0.25, -0.2) is 4.98 Å². The molecule has 3 aromatic rings. The van der Waals surface area contributed by atoms with Crippen LogP contribution in [0.2, 0.25) is 5.02 Å². The standard InChI is InChI=1S/C26H23ClN4O2S/c27-20-7-5-6-19(16-20)17-23-26(33)31(21-8-1-2-9-22(21)34-23)18-25(32)30-14-12-29(13-15-30)24-10-3-4-11-28-24/h1-11,16-17H,12-15,18H2. The summed E-state index contributed by atoms with van der Waals surface area (Å²) in [6.07, 6.45) is 3.61. The predicted octanol–water partition coefficient (Wildman–Crippen LogP) is 4.56. The first-order chi connectivity index (χ1) is 16.6. The molecule has 8 heteroatoms. The highest BCUT2D eigenvalue weighted by Crippen LogP contribution is 2.42. The van der Waals surface area contributed by atoms with Gasteiger partial charge >= 0.3 is 0 Å². The van der Waals surface area contributed by atoms with E-state index in [4.69, 9.17) is 11.6 Å². The van der Waals surface area contributed by atoms with E-state index in [1.54, 1.807) is 17.2 Å². The minimum absolute atomic E-state index is 0.00682. The lowest BCUT2D eigenvalue weighted by atomic mass is 10.2. The van der Waals surface area contributed by atoms with Crippen LogP contribution >= 0.6 is 23.4 Å². The lowest BCUT2D eigenvalue weighted by Crippen LogP contribution is -2.52. The van der Waals surface area contributed by atoms with Crippen LogP contribution in [0.15, 0.2) is 82.7 Å². The molecule has 172 valence electrons. The van der Waals surface area contributed by atoms with Crippen LogP contribution in [0.25, 0.3) is 6.08 Å². The Morgan fingerprint density at radius 2 is 1.79 bits per heavy atom. The predicted molar refractivity (Wildman–Crippen MR) is 137 cm³/mol. The van der Waals surface area contributed by atoms with Crippen LogP contribution in [0.1, 0.15) is 5.56 Å². The van der Waals surface area contributed by atoms with E-state index in [2.05, 4.69) is 9.88 Å². The summed E-state index contributed by atoms with van der Waals surface area (Å²) >= 11 is 7.54. The summed E-state index contributed by atoms with van der Waals surface area (Å²) in [5, 5.41) is 0.611. The van der Waals surface area contributed by atoms with Crippen molar-refractivity contribution < 1.29 is 9.59 Å². The first-order valence-electron chi connectivity index (χ1n) is 11.1. The zero-order chi connectivity index (χ0) is 23.5. The fraction of sp³-hybridized carbons (Fsp3) is 0.192. The Balaban J connectivity index is 1.33. The number of pyridine rings is 1. The second-order valence-electron chi connectivity index (χ2n) is 8.08. The molecule has 1 aromatic heterocycles. The van der Waals surface area contributed by atoms with Crippen molar-refractivity contribution in [2.24, 2.45) is 0 Å². The quantitative estimate of drug-likeness (QED) is 0.502. The van der Waals surface area contributed by atoms with Gasteiger partial charge in [0.15, 0.2) is 0 Å². The fourth-order valence-corrected chi connectivity index (χ4v) is 5.39. The topological polar surface area (TPSA) is 56.8 Å². The van der Waals surface area contributed by atoms with Gasteiger partial charge in [0.2, 0.25) is 5.91 Å². The number of aromatic nitrogens is 1. The normalized spacial score (nSPS) is 17.1. The second kappa shape index (κ2) is 9.91. The molecule has 2 aliphatic heterocycles. The molecule has 1 fully saturated rings. The molecular formula is C26H23ClN4O2S. The van der Waals surface area contributed by atoms with E-state index in [9.17, 15) is 9.59 Å². The molecule has 2 aromatic carbocycles. The number of piperazine rings is 1. The molecule has 2 amide bonds. The Morgan fingerprint density at radius 3 is 2.56 bits per heavy atom. The van der Waals surface area contributed by atoms with Gasteiger partial charge in [-0.05, 0) is 48.0 Å². The summed E-state index contributed by atoms with van der Waals surface area (Å²) in [6, 6.07) is 20.9. The highest BCUT2D eigenvalue weighted by Gasteiger charge is 2.32. The lowest BCUT2D eigenvalue weighted by molar-refractivity contribution is -0.131. The van der Waals surface area contributed by atoms with Crippen LogP contribution in [-0.2, 0) is 9.59 Å². The molecule has 34 heavy (non-hydrogen) atoms. The second-order valence-corrected chi connectivity index (χ2v) is 9.60. The molecular weight excluding hydrogens is 468 g/mol. The van der Waals surface area contributed by atoms with Gasteiger partial charge in [0.1, 0.15) is 12.4 Å². The number of para-hydroxylation sites is 1. The minimum Gasteiger partial charge on any atom is -0.353 e. The number of halogens is 1. The number of carbonyl (C=O) groups excluding carboxylic acids is 2. The van der Waals surface area contributed by atoms with Crippen molar-refractivity contribution in [2.45, 2.75) is 4.90 Å². The Morgan fingerprint density at radius 1 is 1.00 bits per heavy atom. The van der Waals surface area contributed by atoms with Gasteiger partial charge in [0.25, 0.3) is 5.91 Å². The number of rotatable bonds is 4. The number of carbonyl (C=O) groups is 2. The average Bonchev–Trinajstić information content (AvgIpc) is 2.87. The molecule has 0 saturated carbocycles. The maximum absolute atomic E-state index is 13.4. The van der Waals surface area contributed by atoms with Gasteiger partial charge in [-0.1, -0.05) is 53.7 Å². The van der Waals surface area contributed by atoms with Crippen molar-refractivity contribution in [2.75, 3.05) is 42.5 Å². The summed E-state index contributed by atoms with van der Waals surface area (Å²) < 4.78 is 0. The highest BCUT2D eigenvalue weighted by molar-refractivity contribution is 8.04. The third kappa shape index (κ3) is 4.81. The van der Waals surface area contributed by atoms with Gasteiger partial charge in [-0.3, -0.25) is 14.5 Å². The third-order valence-corrected chi connectivity index (χ3v) is 7.19. The van der Waals surface area contributed by atoms with Crippen molar-refractivity contribution in [3.05, 3.63) is 88.4 Å². The molecule has 0 N–H and O–H groups in total. The molecule has 6 nitrogen and oxygen atoms in total. The number of amides is 2. The van der Waals surface area contributed by atoms with Crippen molar-refractivity contribution in [1.82, 2.24) is 9.88 Å². The first kappa shape index (κ1) is 22.5. The molecule has 0 aliphatic carbocycles. The molecule has 1 saturated heterocycles. The van der Waals surface area contributed by atoms with Crippen LogP contribution in [0.3, 0.4) is 0 Å². The fourth-order valence-electron chi connectivity index (χ4n) is 4.13. The highest BCUT2D eigenvalue weighted by atomic mass is 35.5. The molecule has 0 bridgehead atoms. The van der Waals surface area contributed by atoms with E-state index in [1.807, 2.05) is 71.6 Å².